The summed E-state index contributed by atoms with van der Waals surface area (Å²) in [5.74, 6) is 2.54. The number of rotatable bonds is 6. The second-order valence-electron chi connectivity index (χ2n) is 3.31. The quantitative estimate of drug-likeness (QED) is 0.768. The first-order chi connectivity index (χ1) is 7.26. The molecule has 1 rings (SSSR count). The monoisotopic (exact) mass is 227 g/mol. The van der Waals surface area contributed by atoms with Gasteiger partial charge in [0.1, 0.15) is 5.75 Å². The molecule has 1 aromatic rings. The van der Waals surface area contributed by atoms with Crippen molar-refractivity contribution in [3.63, 3.8) is 0 Å². The minimum absolute atomic E-state index is 0.0467. The van der Waals surface area contributed by atoms with Gasteiger partial charge in [0.05, 0.1) is 13.7 Å². The van der Waals surface area contributed by atoms with Crippen molar-refractivity contribution in [2.75, 3.05) is 19.5 Å². The van der Waals surface area contributed by atoms with E-state index in [1.54, 1.807) is 18.9 Å². The van der Waals surface area contributed by atoms with E-state index < -0.39 is 0 Å². The van der Waals surface area contributed by atoms with Crippen LogP contribution in [0, 0.1) is 0 Å². The van der Waals surface area contributed by atoms with Gasteiger partial charge in [0.15, 0.2) is 0 Å². The first kappa shape index (κ1) is 12.4. The minimum atomic E-state index is -0.124. The van der Waals surface area contributed by atoms with Gasteiger partial charge in [-0.2, -0.15) is 11.8 Å². The van der Waals surface area contributed by atoms with Gasteiger partial charge in [0, 0.05) is 17.5 Å². The molecule has 1 atom stereocenters. The molecular formula is C11H17NO2S. The Labute approximate surface area is 94.6 Å². The van der Waals surface area contributed by atoms with E-state index in [9.17, 15) is 0 Å². The lowest BCUT2D eigenvalue weighted by molar-refractivity contribution is 0.275. The van der Waals surface area contributed by atoms with E-state index in [1.807, 2.05) is 18.2 Å². The molecule has 0 radical (unpaired) electrons. The predicted octanol–water partition coefficient (Wildman–Crippen LogP) is 1.25. The van der Waals surface area contributed by atoms with Crippen LogP contribution in [0.3, 0.4) is 0 Å². The molecule has 0 unspecified atom stereocenters. The van der Waals surface area contributed by atoms with Gasteiger partial charge in [-0.05, 0) is 17.7 Å². The van der Waals surface area contributed by atoms with Crippen LogP contribution in [0.1, 0.15) is 5.56 Å². The molecule has 3 nitrogen and oxygen atoms in total. The van der Waals surface area contributed by atoms with E-state index in [0.29, 0.717) is 0 Å². The largest absolute Gasteiger partial charge is 0.497 e. The molecule has 0 saturated carbocycles. The Morgan fingerprint density at radius 1 is 1.53 bits per heavy atom. The average molecular weight is 227 g/mol. The summed E-state index contributed by atoms with van der Waals surface area (Å²) in [5.41, 5.74) is 6.81. The molecule has 15 heavy (non-hydrogen) atoms. The van der Waals surface area contributed by atoms with Crippen molar-refractivity contribution < 1.29 is 9.84 Å². The summed E-state index contributed by atoms with van der Waals surface area (Å²) < 4.78 is 5.13. The van der Waals surface area contributed by atoms with E-state index in [4.69, 9.17) is 15.6 Å². The number of hydrogen-bond acceptors (Lipinski definition) is 4. The van der Waals surface area contributed by atoms with Crippen molar-refractivity contribution in [1.82, 2.24) is 0 Å². The molecule has 0 aromatic heterocycles. The Bertz CT molecular complexity index is 294. The van der Waals surface area contributed by atoms with Crippen molar-refractivity contribution in [2.24, 2.45) is 5.73 Å². The molecule has 0 spiro atoms. The highest BCUT2D eigenvalue weighted by molar-refractivity contribution is 7.98. The van der Waals surface area contributed by atoms with Gasteiger partial charge in [-0.15, -0.1) is 0 Å². The highest BCUT2D eigenvalue weighted by Gasteiger charge is 2.01. The zero-order valence-electron chi connectivity index (χ0n) is 8.85. The van der Waals surface area contributed by atoms with Crippen LogP contribution in [-0.4, -0.2) is 30.6 Å². The summed E-state index contributed by atoms with van der Waals surface area (Å²) in [6.45, 7) is 0.0467. The summed E-state index contributed by atoms with van der Waals surface area (Å²) in [6.07, 6.45) is 0. The molecule has 84 valence electrons. The molecule has 0 fully saturated rings. The van der Waals surface area contributed by atoms with Gasteiger partial charge in [-0.1, -0.05) is 12.1 Å². The maximum Gasteiger partial charge on any atom is 0.119 e. The minimum Gasteiger partial charge on any atom is -0.497 e. The topological polar surface area (TPSA) is 55.5 Å². The molecule has 0 bridgehead atoms. The van der Waals surface area contributed by atoms with Crippen molar-refractivity contribution in [2.45, 2.75) is 11.8 Å². The Hall–Kier alpha value is -0.710. The number of nitrogens with two attached hydrogens (primary N) is 1. The summed E-state index contributed by atoms with van der Waals surface area (Å²) in [6, 6.07) is 7.84. The fourth-order valence-corrected chi connectivity index (χ4v) is 2.08. The first-order valence-corrected chi connectivity index (χ1v) is 5.99. The molecular weight excluding hydrogens is 210 g/mol. The van der Waals surface area contributed by atoms with E-state index in [0.717, 1.165) is 17.3 Å². The van der Waals surface area contributed by atoms with Gasteiger partial charge in [-0.25, -0.2) is 0 Å². The van der Waals surface area contributed by atoms with E-state index in [1.165, 1.54) is 5.56 Å². The highest BCUT2D eigenvalue weighted by Crippen LogP contribution is 2.17. The van der Waals surface area contributed by atoms with Crippen LogP contribution in [0.25, 0.3) is 0 Å². The lowest BCUT2D eigenvalue weighted by atomic mass is 10.2. The van der Waals surface area contributed by atoms with Gasteiger partial charge < -0.3 is 15.6 Å². The third-order valence-electron chi connectivity index (χ3n) is 1.97. The number of aliphatic hydroxyl groups excluding tert-OH is 1. The Morgan fingerprint density at radius 3 is 3.00 bits per heavy atom. The normalized spacial score (nSPS) is 12.5. The average Bonchev–Trinajstić information content (AvgIpc) is 2.29. The van der Waals surface area contributed by atoms with Gasteiger partial charge in [0.25, 0.3) is 0 Å². The van der Waals surface area contributed by atoms with Crippen molar-refractivity contribution in [3.8, 4) is 5.75 Å². The summed E-state index contributed by atoms with van der Waals surface area (Å²) in [4.78, 5) is 0. The number of aliphatic hydroxyl groups is 1. The second-order valence-corrected chi connectivity index (χ2v) is 4.34. The van der Waals surface area contributed by atoms with Crippen LogP contribution >= 0.6 is 11.8 Å². The Kier molecular flexibility index (Phi) is 5.53. The third-order valence-corrected chi connectivity index (χ3v) is 3.17. The van der Waals surface area contributed by atoms with Crippen molar-refractivity contribution in [3.05, 3.63) is 29.8 Å². The first-order valence-electron chi connectivity index (χ1n) is 4.83. The lowest BCUT2D eigenvalue weighted by Crippen LogP contribution is -2.26. The van der Waals surface area contributed by atoms with Crippen molar-refractivity contribution >= 4 is 11.8 Å². The lowest BCUT2D eigenvalue weighted by Gasteiger charge is -2.08. The molecule has 0 saturated heterocycles. The van der Waals surface area contributed by atoms with Crippen molar-refractivity contribution in [1.29, 1.82) is 0 Å². The van der Waals surface area contributed by atoms with Crippen LogP contribution in [0.2, 0.25) is 0 Å². The summed E-state index contributed by atoms with van der Waals surface area (Å²) in [5, 5.41) is 8.76. The standard InChI is InChI=1S/C11H17NO2S/c1-14-11-4-2-3-9(5-11)7-15-8-10(12)6-13/h2-5,10,13H,6-8,12H2,1H3/t10-/m1/s1. The maximum absolute atomic E-state index is 8.76. The van der Waals surface area contributed by atoms with Crippen LogP contribution in [0.5, 0.6) is 5.75 Å². The van der Waals surface area contributed by atoms with E-state index in [-0.39, 0.29) is 12.6 Å². The second kappa shape index (κ2) is 6.71. The fraction of sp³-hybridized carbons (Fsp3) is 0.455. The predicted molar refractivity (Wildman–Crippen MR) is 64.2 cm³/mol. The zero-order valence-corrected chi connectivity index (χ0v) is 9.67. The van der Waals surface area contributed by atoms with Gasteiger partial charge >= 0.3 is 0 Å². The Morgan fingerprint density at radius 2 is 2.33 bits per heavy atom. The number of thioether (sulfide) groups is 1. The van der Waals surface area contributed by atoms with Crippen LogP contribution in [-0.2, 0) is 5.75 Å². The third kappa shape index (κ3) is 4.55. The summed E-state index contributed by atoms with van der Waals surface area (Å²) in [7, 11) is 1.66. The number of benzene rings is 1. The Balaban J connectivity index is 2.37. The molecule has 4 heteroatoms. The number of ether oxygens (including phenoxy) is 1. The molecule has 0 aliphatic heterocycles. The fourth-order valence-electron chi connectivity index (χ4n) is 1.14. The van der Waals surface area contributed by atoms with Crippen LogP contribution in [0.15, 0.2) is 24.3 Å². The van der Waals surface area contributed by atoms with Crippen LogP contribution < -0.4 is 10.5 Å². The SMILES string of the molecule is COc1cccc(CSC[C@H](N)CO)c1. The molecule has 0 aliphatic carbocycles. The molecule has 0 heterocycles. The smallest absolute Gasteiger partial charge is 0.119 e. The van der Waals surface area contributed by atoms with Crippen LogP contribution in [0.4, 0.5) is 0 Å². The molecule has 0 amide bonds. The van der Waals surface area contributed by atoms with E-state index in [2.05, 4.69) is 6.07 Å². The number of methoxy groups -OCH3 is 1. The van der Waals surface area contributed by atoms with E-state index >= 15 is 0 Å². The maximum atomic E-state index is 8.76. The molecule has 3 N–H and O–H groups in total. The molecule has 0 aliphatic rings. The molecule has 1 aromatic carbocycles. The summed E-state index contributed by atoms with van der Waals surface area (Å²) >= 11 is 1.72. The van der Waals surface area contributed by atoms with Gasteiger partial charge in [-0.3, -0.25) is 0 Å². The zero-order chi connectivity index (χ0) is 11.1. The van der Waals surface area contributed by atoms with Gasteiger partial charge in [0.2, 0.25) is 0 Å². The number of hydrogen-bond donors (Lipinski definition) is 2. The highest BCUT2D eigenvalue weighted by atomic mass is 32.2.